The van der Waals surface area contributed by atoms with E-state index in [1.165, 1.54) is 5.56 Å². The maximum Gasteiger partial charge on any atom is 0.256 e. The summed E-state index contributed by atoms with van der Waals surface area (Å²) >= 11 is 0. The van der Waals surface area contributed by atoms with Crippen LogP contribution in [-0.2, 0) is 17.9 Å². The van der Waals surface area contributed by atoms with Crippen LogP contribution in [-0.4, -0.2) is 26.9 Å². The standard InChI is InChI=1S/C21H21N5O/c1-15-11-18-17(14-27-2)9-6-10-19(18)26(15)21-24-20(13-23-25-21)22-12-16-7-4-3-5-8-16/h3-11,13H,12,14H2,1-2H3,(H,22,24,25). The number of benzene rings is 2. The third-order valence-electron chi connectivity index (χ3n) is 4.48. The molecule has 0 bridgehead atoms. The van der Waals surface area contributed by atoms with Gasteiger partial charge in [-0.2, -0.15) is 10.1 Å². The zero-order valence-corrected chi connectivity index (χ0v) is 15.4. The molecule has 6 heteroatoms. The molecule has 0 aliphatic carbocycles. The third kappa shape index (κ3) is 3.52. The molecular formula is C21H21N5O. The van der Waals surface area contributed by atoms with Crippen LogP contribution in [0.15, 0.2) is 60.8 Å². The Morgan fingerprint density at radius 1 is 1.07 bits per heavy atom. The first kappa shape index (κ1) is 17.2. The van der Waals surface area contributed by atoms with Gasteiger partial charge in [-0.1, -0.05) is 42.5 Å². The van der Waals surface area contributed by atoms with Gasteiger partial charge >= 0.3 is 0 Å². The Kier molecular flexibility index (Phi) is 4.80. The van der Waals surface area contributed by atoms with Gasteiger partial charge in [0, 0.05) is 24.7 Å². The molecule has 2 aromatic carbocycles. The van der Waals surface area contributed by atoms with Crippen LogP contribution in [0.25, 0.3) is 16.9 Å². The molecule has 0 atom stereocenters. The highest BCUT2D eigenvalue weighted by Crippen LogP contribution is 2.26. The topological polar surface area (TPSA) is 64.9 Å². The SMILES string of the molecule is COCc1cccc2c1cc(C)n2-c1nncc(NCc2ccccc2)n1. The fourth-order valence-corrected chi connectivity index (χ4v) is 3.23. The van der Waals surface area contributed by atoms with Crippen molar-refractivity contribution in [3.05, 3.63) is 77.6 Å². The van der Waals surface area contributed by atoms with Gasteiger partial charge in [0.2, 0.25) is 0 Å². The lowest BCUT2D eigenvalue weighted by Crippen LogP contribution is -2.08. The molecule has 0 aliphatic heterocycles. The quantitative estimate of drug-likeness (QED) is 0.566. The van der Waals surface area contributed by atoms with Gasteiger partial charge in [-0.25, -0.2) is 0 Å². The van der Waals surface area contributed by atoms with Gasteiger partial charge in [-0.05, 0) is 30.2 Å². The Balaban J connectivity index is 1.67. The van der Waals surface area contributed by atoms with Gasteiger partial charge in [0.25, 0.3) is 5.95 Å². The monoisotopic (exact) mass is 359 g/mol. The third-order valence-corrected chi connectivity index (χ3v) is 4.48. The van der Waals surface area contributed by atoms with Crippen molar-refractivity contribution in [1.29, 1.82) is 0 Å². The van der Waals surface area contributed by atoms with Gasteiger partial charge < -0.3 is 10.1 Å². The second kappa shape index (κ2) is 7.55. The zero-order chi connectivity index (χ0) is 18.6. The second-order valence-electron chi connectivity index (χ2n) is 6.38. The number of hydrogen-bond acceptors (Lipinski definition) is 5. The van der Waals surface area contributed by atoms with Crippen molar-refractivity contribution < 1.29 is 4.74 Å². The molecule has 0 radical (unpaired) electrons. The number of ether oxygens (including phenoxy) is 1. The van der Waals surface area contributed by atoms with Crippen molar-refractivity contribution in [3.8, 4) is 5.95 Å². The summed E-state index contributed by atoms with van der Waals surface area (Å²) in [5, 5.41) is 12.9. The lowest BCUT2D eigenvalue weighted by Gasteiger charge is -2.09. The number of rotatable bonds is 6. The average Bonchev–Trinajstić information content (AvgIpc) is 3.04. The summed E-state index contributed by atoms with van der Waals surface area (Å²) < 4.78 is 7.34. The minimum atomic E-state index is 0.551. The predicted octanol–water partition coefficient (Wildman–Crippen LogP) is 3.88. The van der Waals surface area contributed by atoms with Crippen LogP contribution in [0.2, 0.25) is 0 Å². The highest BCUT2D eigenvalue weighted by molar-refractivity contribution is 5.86. The van der Waals surface area contributed by atoms with Crippen LogP contribution >= 0.6 is 0 Å². The number of aryl methyl sites for hydroxylation is 1. The van der Waals surface area contributed by atoms with Crippen molar-refractivity contribution in [2.75, 3.05) is 12.4 Å². The summed E-state index contributed by atoms with van der Waals surface area (Å²) in [6.45, 7) is 3.30. The molecule has 0 fully saturated rings. The molecule has 136 valence electrons. The predicted molar refractivity (Wildman–Crippen MR) is 106 cm³/mol. The number of hydrogen-bond donors (Lipinski definition) is 1. The molecule has 0 saturated carbocycles. The summed E-state index contributed by atoms with van der Waals surface area (Å²) in [5.74, 6) is 1.24. The highest BCUT2D eigenvalue weighted by atomic mass is 16.5. The molecular weight excluding hydrogens is 338 g/mol. The lowest BCUT2D eigenvalue weighted by atomic mass is 10.1. The minimum absolute atomic E-state index is 0.551. The average molecular weight is 359 g/mol. The number of nitrogens with zero attached hydrogens (tertiary/aromatic N) is 4. The largest absolute Gasteiger partial charge is 0.380 e. The minimum Gasteiger partial charge on any atom is -0.380 e. The first-order valence-corrected chi connectivity index (χ1v) is 8.83. The number of aromatic nitrogens is 4. The van der Waals surface area contributed by atoms with Crippen LogP contribution < -0.4 is 5.32 Å². The van der Waals surface area contributed by atoms with E-state index in [0.29, 0.717) is 24.9 Å². The summed E-state index contributed by atoms with van der Waals surface area (Å²) in [4.78, 5) is 4.66. The van der Waals surface area contributed by atoms with Gasteiger partial charge in [-0.15, -0.1) is 5.10 Å². The fraction of sp³-hybridized carbons (Fsp3) is 0.190. The van der Waals surface area contributed by atoms with Crippen LogP contribution in [0.3, 0.4) is 0 Å². The Hall–Kier alpha value is -3.25. The van der Waals surface area contributed by atoms with E-state index < -0.39 is 0 Å². The number of anilines is 1. The Labute approximate surface area is 157 Å². The van der Waals surface area contributed by atoms with Crippen molar-refractivity contribution in [2.24, 2.45) is 0 Å². The van der Waals surface area contributed by atoms with Gasteiger partial charge in [0.05, 0.1) is 18.3 Å². The summed E-state index contributed by atoms with van der Waals surface area (Å²) in [5.41, 5.74) is 4.42. The maximum absolute atomic E-state index is 5.32. The molecule has 1 N–H and O–H groups in total. The molecule has 0 amide bonds. The second-order valence-corrected chi connectivity index (χ2v) is 6.38. The van der Waals surface area contributed by atoms with E-state index in [4.69, 9.17) is 4.74 Å². The first-order valence-electron chi connectivity index (χ1n) is 8.83. The molecule has 4 rings (SSSR count). The molecule has 6 nitrogen and oxygen atoms in total. The van der Waals surface area contributed by atoms with Crippen molar-refractivity contribution in [3.63, 3.8) is 0 Å². The van der Waals surface area contributed by atoms with E-state index in [1.54, 1.807) is 13.3 Å². The fourth-order valence-electron chi connectivity index (χ4n) is 3.23. The molecule has 0 spiro atoms. The smallest absolute Gasteiger partial charge is 0.256 e. The molecule has 4 aromatic rings. The normalized spacial score (nSPS) is 11.0. The zero-order valence-electron chi connectivity index (χ0n) is 15.4. The Morgan fingerprint density at radius 2 is 1.93 bits per heavy atom. The van der Waals surface area contributed by atoms with Gasteiger partial charge in [-0.3, -0.25) is 4.57 Å². The number of fused-ring (bicyclic) bond motifs is 1. The van der Waals surface area contributed by atoms with E-state index in [0.717, 1.165) is 22.2 Å². The van der Waals surface area contributed by atoms with E-state index in [9.17, 15) is 0 Å². The molecule has 0 unspecified atom stereocenters. The Morgan fingerprint density at radius 3 is 2.74 bits per heavy atom. The molecule has 2 aromatic heterocycles. The number of nitrogens with one attached hydrogen (secondary N) is 1. The van der Waals surface area contributed by atoms with E-state index in [2.05, 4.69) is 50.8 Å². The summed E-state index contributed by atoms with van der Waals surface area (Å²) in [6, 6.07) is 18.5. The molecule has 27 heavy (non-hydrogen) atoms. The van der Waals surface area contributed by atoms with Gasteiger partial charge in [0.15, 0.2) is 5.82 Å². The number of methoxy groups -OCH3 is 1. The molecule has 2 heterocycles. The van der Waals surface area contributed by atoms with E-state index in [-0.39, 0.29) is 0 Å². The maximum atomic E-state index is 5.32. The van der Waals surface area contributed by atoms with Crippen molar-refractivity contribution in [2.45, 2.75) is 20.1 Å². The van der Waals surface area contributed by atoms with Crippen molar-refractivity contribution in [1.82, 2.24) is 19.7 Å². The van der Waals surface area contributed by atoms with Gasteiger partial charge in [0.1, 0.15) is 0 Å². The summed E-state index contributed by atoms with van der Waals surface area (Å²) in [6.07, 6.45) is 1.64. The van der Waals surface area contributed by atoms with E-state index >= 15 is 0 Å². The first-order chi connectivity index (χ1) is 13.3. The molecule has 0 aliphatic rings. The van der Waals surface area contributed by atoms with E-state index in [1.807, 2.05) is 35.8 Å². The van der Waals surface area contributed by atoms with Crippen LogP contribution in [0.4, 0.5) is 5.82 Å². The van der Waals surface area contributed by atoms with Crippen LogP contribution in [0.5, 0.6) is 0 Å². The lowest BCUT2D eigenvalue weighted by molar-refractivity contribution is 0.186. The van der Waals surface area contributed by atoms with Crippen LogP contribution in [0.1, 0.15) is 16.8 Å². The van der Waals surface area contributed by atoms with Crippen LogP contribution in [0, 0.1) is 6.92 Å². The van der Waals surface area contributed by atoms with Crippen molar-refractivity contribution >= 4 is 16.7 Å². The highest BCUT2D eigenvalue weighted by Gasteiger charge is 2.13. The summed E-state index contributed by atoms with van der Waals surface area (Å²) in [7, 11) is 1.71. The Bertz CT molecular complexity index is 1060. The molecule has 0 saturated heterocycles.